The summed E-state index contributed by atoms with van der Waals surface area (Å²) in [5.74, 6) is 0.732. The highest BCUT2D eigenvalue weighted by atomic mass is 16.5. The predicted molar refractivity (Wildman–Crippen MR) is 135 cm³/mol. The van der Waals surface area contributed by atoms with Gasteiger partial charge in [-0.3, -0.25) is 4.90 Å². The molecule has 2 aromatic heterocycles. The SMILES string of the molecule is CCn1c2ccccc2c2cc(Cc3cc(C)nc(NCCCN4CCOCC4)n3)ccc21. The van der Waals surface area contributed by atoms with Gasteiger partial charge in [0.25, 0.3) is 0 Å². The van der Waals surface area contributed by atoms with E-state index in [-0.39, 0.29) is 0 Å². The Morgan fingerprint density at radius 1 is 0.970 bits per heavy atom. The summed E-state index contributed by atoms with van der Waals surface area (Å²) in [6, 6.07) is 17.6. The molecule has 5 rings (SSSR count). The summed E-state index contributed by atoms with van der Waals surface area (Å²) in [4.78, 5) is 11.9. The van der Waals surface area contributed by atoms with E-state index >= 15 is 0 Å². The molecule has 0 unspecified atom stereocenters. The van der Waals surface area contributed by atoms with Crippen molar-refractivity contribution in [3.63, 3.8) is 0 Å². The third kappa shape index (κ3) is 4.87. The van der Waals surface area contributed by atoms with Crippen LogP contribution in [0.2, 0.25) is 0 Å². The zero-order chi connectivity index (χ0) is 22.6. The molecule has 6 heteroatoms. The summed E-state index contributed by atoms with van der Waals surface area (Å²) in [6.45, 7) is 10.9. The number of para-hydroxylation sites is 1. The van der Waals surface area contributed by atoms with Crippen molar-refractivity contribution in [3.8, 4) is 0 Å². The number of aromatic nitrogens is 3. The molecule has 0 bridgehead atoms. The number of nitrogens with zero attached hydrogens (tertiary/aromatic N) is 4. The Labute approximate surface area is 195 Å². The molecule has 1 fully saturated rings. The predicted octanol–water partition coefficient (Wildman–Crippen LogP) is 4.64. The van der Waals surface area contributed by atoms with Gasteiger partial charge in [-0.2, -0.15) is 0 Å². The van der Waals surface area contributed by atoms with Crippen molar-refractivity contribution in [1.29, 1.82) is 0 Å². The van der Waals surface area contributed by atoms with E-state index in [9.17, 15) is 0 Å². The van der Waals surface area contributed by atoms with Crippen LogP contribution in [-0.4, -0.2) is 58.8 Å². The smallest absolute Gasteiger partial charge is 0.223 e. The van der Waals surface area contributed by atoms with E-state index in [1.54, 1.807) is 0 Å². The number of morpholine rings is 1. The van der Waals surface area contributed by atoms with Gasteiger partial charge >= 0.3 is 0 Å². The van der Waals surface area contributed by atoms with Gasteiger partial charge in [0.1, 0.15) is 0 Å². The summed E-state index contributed by atoms with van der Waals surface area (Å²) in [7, 11) is 0. The summed E-state index contributed by atoms with van der Waals surface area (Å²) in [5, 5.41) is 6.07. The summed E-state index contributed by atoms with van der Waals surface area (Å²) < 4.78 is 7.81. The molecule has 1 aliphatic rings. The normalized spacial score (nSPS) is 14.8. The number of fused-ring (bicyclic) bond motifs is 3. The monoisotopic (exact) mass is 443 g/mol. The van der Waals surface area contributed by atoms with Crippen molar-refractivity contribution in [2.75, 3.05) is 44.7 Å². The highest BCUT2D eigenvalue weighted by Crippen LogP contribution is 2.30. The Hall–Kier alpha value is -2.96. The highest BCUT2D eigenvalue weighted by Gasteiger charge is 2.12. The lowest BCUT2D eigenvalue weighted by Crippen LogP contribution is -2.37. The fourth-order valence-corrected chi connectivity index (χ4v) is 4.89. The molecule has 1 saturated heterocycles. The molecule has 0 saturated carbocycles. The first-order valence-electron chi connectivity index (χ1n) is 12.1. The minimum absolute atomic E-state index is 0.732. The van der Waals surface area contributed by atoms with Crippen LogP contribution in [0.4, 0.5) is 5.95 Å². The Morgan fingerprint density at radius 3 is 2.64 bits per heavy atom. The molecule has 0 spiro atoms. The van der Waals surface area contributed by atoms with Crippen LogP contribution in [0, 0.1) is 6.92 Å². The molecule has 1 N–H and O–H groups in total. The number of hydrogen-bond donors (Lipinski definition) is 1. The second-order valence-electron chi connectivity index (χ2n) is 8.85. The second-order valence-corrected chi connectivity index (χ2v) is 8.85. The first-order valence-corrected chi connectivity index (χ1v) is 12.1. The average Bonchev–Trinajstić information content (AvgIpc) is 3.15. The van der Waals surface area contributed by atoms with Crippen LogP contribution in [0.25, 0.3) is 21.8 Å². The Bertz CT molecular complexity index is 1240. The lowest BCUT2D eigenvalue weighted by Gasteiger charge is -2.26. The number of aryl methyl sites for hydroxylation is 2. The van der Waals surface area contributed by atoms with E-state index in [2.05, 4.69) is 75.2 Å². The van der Waals surface area contributed by atoms with Crippen molar-refractivity contribution >= 4 is 27.8 Å². The minimum atomic E-state index is 0.732. The molecule has 3 heterocycles. The van der Waals surface area contributed by atoms with Crippen LogP contribution in [0.15, 0.2) is 48.5 Å². The largest absolute Gasteiger partial charge is 0.379 e. The zero-order valence-electron chi connectivity index (χ0n) is 19.7. The van der Waals surface area contributed by atoms with Crippen LogP contribution in [0.5, 0.6) is 0 Å². The second kappa shape index (κ2) is 9.89. The zero-order valence-corrected chi connectivity index (χ0v) is 19.7. The van der Waals surface area contributed by atoms with Crippen molar-refractivity contribution < 1.29 is 4.74 Å². The molecule has 6 nitrogen and oxygen atoms in total. The standard InChI is InChI=1S/C27H33N5O/c1-3-32-25-8-5-4-7-23(25)24-19-21(9-10-26(24)32)18-22-17-20(2)29-27(30-22)28-11-6-12-31-13-15-33-16-14-31/h4-5,7-10,17,19H,3,6,11-16,18H2,1-2H3,(H,28,29,30). The molecule has 0 radical (unpaired) electrons. The third-order valence-corrected chi connectivity index (χ3v) is 6.48. The molecule has 1 aliphatic heterocycles. The fraction of sp³-hybridized carbons (Fsp3) is 0.407. The van der Waals surface area contributed by atoms with Gasteiger partial charge in [-0.05, 0) is 56.6 Å². The van der Waals surface area contributed by atoms with Crippen molar-refractivity contribution in [2.45, 2.75) is 33.2 Å². The van der Waals surface area contributed by atoms with E-state index < -0.39 is 0 Å². The van der Waals surface area contributed by atoms with E-state index in [4.69, 9.17) is 9.72 Å². The van der Waals surface area contributed by atoms with Crippen LogP contribution < -0.4 is 5.32 Å². The fourth-order valence-electron chi connectivity index (χ4n) is 4.89. The Balaban J connectivity index is 1.29. The third-order valence-electron chi connectivity index (χ3n) is 6.48. The number of nitrogens with one attached hydrogen (secondary N) is 1. The van der Waals surface area contributed by atoms with Crippen LogP contribution in [0.1, 0.15) is 30.3 Å². The van der Waals surface area contributed by atoms with Crippen molar-refractivity contribution in [1.82, 2.24) is 19.4 Å². The number of ether oxygens (including phenoxy) is 1. The summed E-state index contributed by atoms with van der Waals surface area (Å²) in [5.41, 5.74) is 5.92. The number of rotatable bonds is 8. The van der Waals surface area contributed by atoms with Gasteiger partial charge in [0, 0.05) is 60.1 Å². The van der Waals surface area contributed by atoms with Gasteiger partial charge in [0.15, 0.2) is 0 Å². The molecule has 172 valence electrons. The topological polar surface area (TPSA) is 55.2 Å². The van der Waals surface area contributed by atoms with E-state index in [0.29, 0.717) is 0 Å². The maximum Gasteiger partial charge on any atom is 0.223 e. The average molecular weight is 444 g/mol. The molecular formula is C27H33N5O. The number of benzene rings is 2. The first-order chi connectivity index (χ1) is 16.2. The van der Waals surface area contributed by atoms with Gasteiger partial charge in [0.2, 0.25) is 5.95 Å². The Kier molecular flexibility index (Phi) is 6.55. The molecule has 33 heavy (non-hydrogen) atoms. The van der Waals surface area contributed by atoms with E-state index in [1.165, 1.54) is 27.4 Å². The molecule has 2 aromatic carbocycles. The highest BCUT2D eigenvalue weighted by molar-refractivity contribution is 6.08. The maximum absolute atomic E-state index is 5.42. The molecule has 0 amide bonds. The van der Waals surface area contributed by atoms with Crippen molar-refractivity contribution in [2.24, 2.45) is 0 Å². The van der Waals surface area contributed by atoms with E-state index in [1.807, 2.05) is 6.92 Å². The van der Waals surface area contributed by atoms with Crippen LogP contribution >= 0.6 is 0 Å². The van der Waals surface area contributed by atoms with E-state index in [0.717, 1.165) is 76.1 Å². The van der Waals surface area contributed by atoms with Gasteiger partial charge < -0.3 is 14.6 Å². The molecule has 0 aliphatic carbocycles. The lowest BCUT2D eigenvalue weighted by molar-refractivity contribution is 0.0378. The maximum atomic E-state index is 5.42. The van der Waals surface area contributed by atoms with Gasteiger partial charge in [-0.1, -0.05) is 24.3 Å². The summed E-state index contributed by atoms with van der Waals surface area (Å²) >= 11 is 0. The molecular weight excluding hydrogens is 410 g/mol. The summed E-state index contributed by atoms with van der Waals surface area (Å²) in [6.07, 6.45) is 1.87. The number of hydrogen-bond acceptors (Lipinski definition) is 5. The Morgan fingerprint density at radius 2 is 1.79 bits per heavy atom. The first kappa shape index (κ1) is 21.9. The van der Waals surface area contributed by atoms with Crippen molar-refractivity contribution in [3.05, 3.63) is 65.5 Å². The molecule has 4 aromatic rings. The lowest BCUT2D eigenvalue weighted by atomic mass is 10.1. The van der Waals surface area contributed by atoms with Crippen LogP contribution in [-0.2, 0) is 17.7 Å². The number of anilines is 1. The molecule has 0 atom stereocenters. The van der Waals surface area contributed by atoms with Gasteiger partial charge in [-0.25, -0.2) is 9.97 Å². The van der Waals surface area contributed by atoms with Crippen LogP contribution in [0.3, 0.4) is 0 Å². The minimum Gasteiger partial charge on any atom is -0.379 e. The van der Waals surface area contributed by atoms with Gasteiger partial charge in [-0.15, -0.1) is 0 Å². The quantitative estimate of drug-likeness (QED) is 0.402. The van der Waals surface area contributed by atoms with Gasteiger partial charge in [0.05, 0.1) is 18.9 Å².